The summed E-state index contributed by atoms with van der Waals surface area (Å²) < 4.78 is 25.3. The van der Waals surface area contributed by atoms with E-state index in [1.165, 1.54) is 18.4 Å². The van der Waals surface area contributed by atoms with E-state index >= 15 is 0 Å². The fraction of sp³-hybridized carbons (Fsp3) is 0.586. The summed E-state index contributed by atoms with van der Waals surface area (Å²) in [6.45, 7) is 2.52. The molecule has 2 aliphatic heterocycles. The Bertz CT molecular complexity index is 1130. The molecule has 6 heteroatoms. The minimum atomic E-state index is -0.903. The molecule has 1 unspecified atom stereocenters. The van der Waals surface area contributed by atoms with Gasteiger partial charge < -0.3 is 24.1 Å². The van der Waals surface area contributed by atoms with E-state index in [0.717, 1.165) is 54.5 Å². The summed E-state index contributed by atoms with van der Waals surface area (Å²) >= 11 is 0. The molecule has 35 heavy (non-hydrogen) atoms. The van der Waals surface area contributed by atoms with Gasteiger partial charge in [-0.15, -0.1) is 0 Å². The Hall–Kier alpha value is -2.12. The highest BCUT2D eigenvalue weighted by Gasteiger charge is 2.76. The third-order valence-electron chi connectivity index (χ3n) is 9.68. The molecule has 0 radical (unpaired) electrons. The number of methoxy groups -OCH3 is 2. The summed E-state index contributed by atoms with van der Waals surface area (Å²) in [6, 6.07) is 14.5. The smallest absolute Gasteiger partial charge is 0.206 e. The molecule has 3 aliphatic carbocycles. The van der Waals surface area contributed by atoms with Gasteiger partial charge in [-0.2, -0.15) is 0 Å². The first-order valence-electron chi connectivity index (χ1n) is 13.1. The quantitative estimate of drug-likeness (QED) is 0.612. The molecule has 5 aliphatic rings. The van der Waals surface area contributed by atoms with Crippen molar-refractivity contribution in [3.05, 3.63) is 59.2 Å². The number of hydrogen-bond acceptors (Lipinski definition) is 6. The van der Waals surface area contributed by atoms with Gasteiger partial charge in [-0.25, -0.2) is 0 Å². The van der Waals surface area contributed by atoms with Crippen molar-refractivity contribution in [1.82, 2.24) is 4.90 Å². The van der Waals surface area contributed by atoms with Gasteiger partial charge in [-0.05, 0) is 61.8 Å². The van der Waals surface area contributed by atoms with E-state index in [4.69, 9.17) is 18.9 Å². The molecule has 0 aromatic heterocycles. The zero-order chi connectivity index (χ0) is 23.8. The minimum absolute atomic E-state index is 0.0872. The van der Waals surface area contributed by atoms with Crippen LogP contribution in [0.4, 0.5) is 0 Å². The molecular weight excluding hydrogens is 442 g/mol. The van der Waals surface area contributed by atoms with Gasteiger partial charge in [0.05, 0.1) is 11.0 Å². The monoisotopic (exact) mass is 477 g/mol. The second kappa shape index (κ2) is 7.69. The van der Waals surface area contributed by atoms with E-state index in [2.05, 4.69) is 29.2 Å². The van der Waals surface area contributed by atoms with Gasteiger partial charge in [0, 0.05) is 38.8 Å². The molecule has 1 spiro atoms. The van der Waals surface area contributed by atoms with Crippen molar-refractivity contribution >= 4 is 0 Å². The van der Waals surface area contributed by atoms with Crippen LogP contribution >= 0.6 is 0 Å². The number of piperidine rings is 1. The number of hydrogen-bond donors (Lipinski definition) is 1. The van der Waals surface area contributed by atoms with Crippen LogP contribution in [0, 0.1) is 5.92 Å². The van der Waals surface area contributed by atoms with E-state index in [9.17, 15) is 5.11 Å². The lowest BCUT2D eigenvalue weighted by atomic mass is 9.48. The first-order valence-corrected chi connectivity index (χ1v) is 13.1. The Kier molecular flexibility index (Phi) is 4.86. The molecule has 2 bridgehead atoms. The van der Waals surface area contributed by atoms with Crippen LogP contribution in [0.15, 0.2) is 42.5 Å². The van der Waals surface area contributed by atoms with Crippen LogP contribution in [0.5, 0.6) is 11.5 Å². The minimum Gasteiger partial charge on any atom is -0.485 e. The molecule has 0 amide bonds. The number of aliphatic hydroxyl groups is 1. The summed E-state index contributed by atoms with van der Waals surface area (Å²) in [5.41, 5.74) is 2.06. The highest BCUT2D eigenvalue weighted by molar-refractivity contribution is 5.63. The van der Waals surface area contributed by atoms with Gasteiger partial charge >= 0.3 is 0 Å². The van der Waals surface area contributed by atoms with Gasteiger partial charge in [-0.1, -0.05) is 36.4 Å². The first-order chi connectivity index (χ1) is 17.0. The summed E-state index contributed by atoms with van der Waals surface area (Å²) in [7, 11) is 3.40. The fourth-order valence-electron chi connectivity index (χ4n) is 7.78. The molecule has 2 aromatic rings. The summed E-state index contributed by atoms with van der Waals surface area (Å²) in [5, 5.41) is 12.7. The van der Waals surface area contributed by atoms with Gasteiger partial charge in [0.25, 0.3) is 0 Å². The Balaban J connectivity index is 1.35. The highest BCUT2D eigenvalue weighted by atomic mass is 16.7. The molecule has 1 saturated heterocycles. The van der Waals surface area contributed by atoms with Gasteiger partial charge in [0.15, 0.2) is 17.6 Å². The molecular formula is C29H35NO5. The maximum atomic E-state index is 12.7. The standard InChI is InChI=1S/C29H35NO5/c1-32-29(33-2)13-12-28(31)23-16-21-10-11-22(34-18-20-6-4-3-5-7-20)25-24(21)27(28,26(29)35-25)14-15-30(23)17-19-8-9-19/h3-7,10-11,19,23,26,31H,8-9,12-18H2,1-2H3/t23-,26-,27+,28?/m1/s1. The first kappa shape index (κ1) is 22.1. The third kappa shape index (κ3) is 2.91. The van der Waals surface area contributed by atoms with Crippen molar-refractivity contribution in [3.8, 4) is 11.5 Å². The number of nitrogens with zero attached hydrogens (tertiary/aromatic N) is 1. The SMILES string of the molecule is COC1(OC)CCC2(O)[C@H]3Cc4ccc(OCc5ccccc5)c5c4[C@@]2(CCN3CC2CC2)[C@H]1O5. The zero-order valence-corrected chi connectivity index (χ0v) is 20.7. The molecule has 7 rings (SSSR count). The van der Waals surface area contributed by atoms with Crippen molar-refractivity contribution in [1.29, 1.82) is 0 Å². The lowest BCUT2D eigenvalue weighted by Crippen LogP contribution is -2.79. The molecule has 3 fully saturated rings. The lowest BCUT2D eigenvalue weighted by Gasteiger charge is -2.65. The summed E-state index contributed by atoms with van der Waals surface area (Å²) in [6.07, 6.45) is 5.11. The van der Waals surface area contributed by atoms with Crippen LogP contribution in [0.3, 0.4) is 0 Å². The zero-order valence-electron chi connectivity index (χ0n) is 20.7. The van der Waals surface area contributed by atoms with Gasteiger partial charge in [0.1, 0.15) is 6.61 Å². The van der Waals surface area contributed by atoms with Crippen LogP contribution in [0.25, 0.3) is 0 Å². The third-order valence-corrected chi connectivity index (χ3v) is 9.68. The average Bonchev–Trinajstić information content (AvgIpc) is 3.63. The maximum Gasteiger partial charge on any atom is 0.206 e. The van der Waals surface area contributed by atoms with Gasteiger partial charge in [-0.3, -0.25) is 4.90 Å². The fourth-order valence-corrected chi connectivity index (χ4v) is 7.78. The van der Waals surface area contributed by atoms with Crippen LogP contribution in [-0.4, -0.2) is 60.8 Å². The maximum absolute atomic E-state index is 12.7. The molecule has 2 aromatic carbocycles. The Morgan fingerprint density at radius 2 is 1.83 bits per heavy atom. The summed E-state index contributed by atoms with van der Waals surface area (Å²) in [5.74, 6) is 1.39. The van der Waals surface area contributed by atoms with Crippen LogP contribution in [0.1, 0.15) is 48.8 Å². The highest BCUT2D eigenvalue weighted by Crippen LogP contribution is 2.67. The molecule has 1 N–H and O–H groups in total. The van der Waals surface area contributed by atoms with Crippen molar-refractivity contribution in [2.75, 3.05) is 27.3 Å². The second-order valence-electron chi connectivity index (χ2n) is 11.2. The number of ether oxygens (including phenoxy) is 4. The normalized spacial score (nSPS) is 34.3. The second-order valence-corrected chi connectivity index (χ2v) is 11.2. The predicted molar refractivity (Wildman–Crippen MR) is 131 cm³/mol. The van der Waals surface area contributed by atoms with E-state index in [-0.39, 0.29) is 6.04 Å². The van der Waals surface area contributed by atoms with Crippen molar-refractivity contribution < 1.29 is 24.1 Å². The lowest BCUT2D eigenvalue weighted by molar-refractivity contribution is -0.319. The van der Waals surface area contributed by atoms with E-state index < -0.39 is 22.9 Å². The number of benzene rings is 2. The number of likely N-dealkylation sites (tertiary alicyclic amines) is 1. The van der Waals surface area contributed by atoms with Crippen molar-refractivity contribution in [2.45, 2.75) is 74.1 Å². The Labute approximate surface area is 207 Å². The van der Waals surface area contributed by atoms with Crippen LogP contribution < -0.4 is 9.47 Å². The topological polar surface area (TPSA) is 60.4 Å². The summed E-state index contributed by atoms with van der Waals surface area (Å²) in [4.78, 5) is 2.58. The molecule has 4 atom stereocenters. The average molecular weight is 478 g/mol. The van der Waals surface area contributed by atoms with E-state index in [1.54, 1.807) is 14.2 Å². The Morgan fingerprint density at radius 3 is 2.57 bits per heavy atom. The largest absolute Gasteiger partial charge is 0.485 e. The number of rotatable bonds is 7. The molecule has 2 heterocycles. The molecule has 6 nitrogen and oxygen atoms in total. The predicted octanol–water partition coefficient (Wildman–Crippen LogP) is 3.82. The molecule has 186 valence electrons. The van der Waals surface area contributed by atoms with Crippen LogP contribution in [0.2, 0.25) is 0 Å². The van der Waals surface area contributed by atoms with E-state index in [1.807, 2.05) is 18.2 Å². The van der Waals surface area contributed by atoms with Crippen molar-refractivity contribution in [3.63, 3.8) is 0 Å². The van der Waals surface area contributed by atoms with Crippen LogP contribution in [-0.2, 0) is 27.9 Å². The van der Waals surface area contributed by atoms with Crippen molar-refractivity contribution in [2.24, 2.45) is 5.92 Å². The molecule has 2 saturated carbocycles. The van der Waals surface area contributed by atoms with E-state index in [0.29, 0.717) is 19.4 Å². The Morgan fingerprint density at radius 1 is 1.03 bits per heavy atom. The van der Waals surface area contributed by atoms with Gasteiger partial charge in [0.2, 0.25) is 5.79 Å².